The van der Waals surface area contributed by atoms with Gasteiger partial charge in [-0.2, -0.15) is 0 Å². The van der Waals surface area contributed by atoms with E-state index in [1.165, 1.54) is 6.07 Å². The van der Waals surface area contributed by atoms with Gasteiger partial charge in [-0.15, -0.1) is 0 Å². The smallest absolute Gasteiger partial charge is 0.126 e. The molecule has 1 aromatic carbocycles. The van der Waals surface area contributed by atoms with E-state index >= 15 is 0 Å². The number of hydrogen-bond donors (Lipinski definition) is 1. The highest BCUT2D eigenvalue weighted by Gasteiger charge is 2.00. The standard InChI is InChI=1S/C11H16FN/c1-8-7-10(4-3-9(2)13)5-6-11(8)12/h5-7,9H,3-4,13H2,1-2H3. The summed E-state index contributed by atoms with van der Waals surface area (Å²) in [6.45, 7) is 3.76. The molecule has 1 rings (SSSR count). The zero-order valence-corrected chi connectivity index (χ0v) is 8.18. The summed E-state index contributed by atoms with van der Waals surface area (Å²) in [7, 11) is 0. The average molecular weight is 181 g/mol. The number of benzene rings is 1. The maximum atomic E-state index is 12.9. The first-order chi connectivity index (χ1) is 6.09. The second-order valence-electron chi connectivity index (χ2n) is 3.60. The van der Waals surface area contributed by atoms with Crippen molar-refractivity contribution in [1.29, 1.82) is 0 Å². The first-order valence-electron chi connectivity index (χ1n) is 4.60. The van der Waals surface area contributed by atoms with Crippen molar-refractivity contribution in [2.45, 2.75) is 32.7 Å². The van der Waals surface area contributed by atoms with E-state index in [-0.39, 0.29) is 11.9 Å². The van der Waals surface area contributed by atoms with Crippen LogP contribution in [0, 0.1) is 12.7 Å². The average Bonchev–Trinajstić information content (AvgIpc) is 2.07. The summed E-state index contributed by atoms with van der Waals surface area (Å²) < 4.78 is 12.9. The number of rotatable bonds is 3. The summed E-state index contributed by atoms with van der Waals surface area (Å²) in [5.74, 6) is -0.135. The molecule has 0 heterocycles. The van der Waals surface area contributed by atoms with Gasteiger partial charge in [-0.25, -0.2) is 4.39 Å². The van der Waals surface area contributed by atoms with Crippen LogP contribution >= 0.6 is 0 Å². The third kappa shape index (κ3) is 3.15. The molecule has 1 nitrogen and oxygen atoms in total. The predicted molar refractivity (Wildman–Crippen MR) is 53.1 cm³/mol. The van der Waals surface area contributed by atoms with Crippen molar-refractivity contribution in [1.82, 2.24) is 0 Å². The van der Waals surface area contributed by atoms with E-state index < -0.39 is 0 Å². The van der Waals surface area contributed by atoms with Crippen LogP contribution in [0.1, 0.15) is 24.5 Å². The van der Waals surface area contributed by atoms with Crippen molar-refractivity contribution in [2.75, 3.05) is 0 Å². The Balaban J connectivity index is 2.63. The van der Waals surface area contributed by atoms with Crippen LogP contribution in [0.5, 0.6) is 0 Å². The molecule has 0 bridgehead atoms. The minimum absolute atomic E-state index is 0.135. The molecule has 2 N–H and O–H groups in total. The first kappa shape index (κ1) is 10.2. The Morgan fingerprint density at radius 1 is 1.46 bits per heavy atom. The molecule has 1 aromatic rings. The Kier molecular flexibility index (Phi) is 3.43. The lowest BCUT2D eigenvalue weighted by molar-refractivity contribution is 0.615. The second-order valence-corrected chi connectivity index (χ2v) is 3.60. The lowest BCUT2D eigenvalue weighted by Crippen LogP contribution is -2.15. The Morgan fingerprint density at radius 3 is 2.69 bits per heavy atom. The van der Waals surface area contributed by atoms with Crippen molar-refractivity contribution in [3.8, 4) is 0 Å². The molecule has 0 fully saturated rings. The Bertz CT molecular complexity index is 281. The van der Waals surface area contributed by atoms with Crippen LogP contribution in [0.4, 0.5) is 4.39 Å². The summed E-state index contributed by atoms with van der Waals surface area (Å²) in [5, 5.41) is 0. The lowest BCUT2D eigenvalue weighted by Gasteiger charge is -2.05. The molecule has 1 atom stereocenters. The third-order valence-electron chi connectivity index (χ3n) is 2.11. The van der Waals surface area contributed by atoms with Crippen LogP contribution < -0.4 is 5.73 Å². The summed E-state index contributed by atoms with van der Waals surface area (Å²) in [5.41, 5.74) is 7.51. The zero-order valence-electron chi connectivity index (χ0n) is 8.18. The van der Waals surface area contributed by atoms with Gasteiger partial charge >= 0.3 is 0 Å². The zero-order chi connectivity index (χ0) is 9.84. The molecule has 0 aliphatic carbocycles. The summed E-state index contributed by atoms with van der Waals surface area (Å²) >= 11 is 0. The van der Waals surface area contributed by atoms with E-state index in [0.29, 0.717) is 5.56 Å². The fraction of sp³-hybridized carbons (Fsp3) is 0.455. The quantitative estimate of drug-likeness (QED) is 0.761. The second kappa shape index (κ2) is 4.38. The van der Waals surface area contributed by atoms with E-state index in [1.807, 2.05) is 19.1 Å². The van der Waals surface area contributed by atoms with Gasteiger partial charge in [-0.05, 0) is 43.9 Å². The van der Waals surface area contributed by atoms with Crippen LogP contribution in [0.3, 0.4) is 0 Å². The van der Waals surface area contributed by atoms with E-state index in [4.69, 9.17) is 5.73 Å². The van der Waals surface area contributed by atoms with Crippen LogP contribution in [0.25, 0.3) is 0 Å². The van der Waals surface area contributed by atoms with Gasteiger partial charge in [0.15, 0.2) is 0 Å². The minimum Gasteiger partial charge on any atom is -0.328 e. The molecule has 0 amide bonds. The van der Waals surface area contributed by atoms with Crippen molar-refractivity contribution in [3.05, 3.63) is 35.1 Å². The van der Waals surface area contributed by atoms with Crippen molar-refractivity contribution >= 4 is 0 Å². The topological polar surface area (TPSA) is 26.0 Å². The molecule has 0 aliphatic rings. The number of halogens is 1. The van der Waals surface area contributed by atoms with Gasteiger partial charge in [0.1, 0.15) is 5.82 Å². The predicted octanol–water partition coefficient (Wildman–Crippen LogP) is 2.41. The van der Waals surface area contributed by atoms with Gasteiger partial charge in [-0.1, -0.05) is 12.1 Å². The summed E-state index contributed by atoms with van der Waals surface area (Å²) in [4.78, 5) is 0. The maximum absolute atomic E-state index is 12.9. The van der Waals surface area contributed by atoms with Crippen molar-refractivity contribution in [2.24, 2.45) is 5.73 Å². The SMILES string of the molecule is Cc1cc(CCC(C)N)ccc1F. The maximum Gasteiger partial charge on any atom is 0.126 e. The number of aryl methyl sites for hydroxylation is 2. The molecule has 1 unspecified atom stereocenters. The molecular weight excluding hydrogens is 165 g/mol. The minimum atomic E-state index is -0.135. The Hall–Kier alpha value is -0.890. The highest BCUT2D eigenvalue weighted by Crippen LogP contribution is 2.11. The number of hydrogen-bond acceptors (Lipinski definition) is 1. The van der Waals surface area contributed by atoms with Gasteiger partial charge < -0.3 is 5.73 Å². The van der Waals surface area contributed by atoms with Gasteiger partial charge in [0, 0.05) is 6.04 Å². The van der Waals surface area contributed by atoms with E-state index in [0.717, 1.165) is 18.4 Å². The molecule has 0 aromatic heterocycles. The largest absolute Gasteiger partial charge is 0.328 e. The van der Waals surface area contributed by atoms with Gasteiger partial charge in [0.05, 0.1) is 0 Å². The van der Waals surface area contributed by atoms with Crippen LogP contribution in [-0.2, 0) is 6.42 Å². The fourth-order valence-electron chi connectivity index (χ4n) is 1.26. The molecule has 72 valence electrons. The lowest BCUT2D eigenvalue weighted by atomic mass is 10.0. The van der Waals surface area contributed by atoms with Crippen LogP contribution in [0.2, 0.25) is 0 Å². The molecule has 0 radical (unpaired) electrons. The van der Waals surface area contributed by atoms with Gasteiger partial charge in [-0.3, -0.25) is 0 Å². The van der Waals surface area contributed by atoms with Gasteiger partial charge in [0.25, 0.3) is 0 Å². The first-order valence-corrected chi connectivity index (χ1v) is 4.60. The van der Waals surface area contributed by atoms with E-state index in [9.17, 15) is 4.39 Å². The molecule has 0 aliphatic heterocycles. The molecular formula is C11H16FN. The fourth-order valence-corrected chi connectivity index (χ4v) is 1.26. The number of nitrogens with two attached hydrogens (primary N) is 1. The molecule has 13 heavy (non-hydrogen) atoms. The van der Waals surface area contributed by atoms with Crippen LogP contribution in [0.15, 0.2) is 18.2 Å². The molecule has 0 spiro atoms. The summed E-state index contributed by atoms with van der Waals surface area (Å²) in [6.07, 6.45) is 1.88. The third-order valence-corrected chi connectivity index (χ3v) is 2.11. The molecule has 0 saturated carbocycles. The Morgan fingerprint density at radius 2 is 2.15 bits per heavy atom. The monoisotopic (exact) mass is 181 g/mol. The summed E-state index contributed by atoms with van der Waals surface area (Å²) in [6, 6.07) is 5.44. The normalized spacial score (nSPS) is 12.9. The van der Waals surface area contributed by atoms with Crippen LogP contribution in [-0.4, -0.2) is 6.04 Å². The Labute approximate surface area is 78.8 Å². The molecule has 0 saturated heterocycles. The highest BCUT2D eigenvalue weighted by atomic mass is 19.1. The molecule has 2 heteroatoms. The van der Waals surface area contributed by atoms with Gasteiger partial charge in [0.2, 0.25) is 0 Å². The van der Waals surface area contributed by atoms with E-state index in [2.05, 4.69) is 0 Å². The van der Waals surface area contributed by atoms with Crippen molar-refractivity contribution < 1.29 is 4.39 Å². The highest BCUT2D eigenvalue weighted by molar-refractivity contribution is 5.23. The van der Waals surface area contributed by atoms with Crippen molar-refractivity contribution in [3.63, 3.8) is 0 Å². The van der Waals surface area contributed by atoms with E-state index in [1.54, 1.807) is 6.92 Å².